The number of aromatic nitrogens is 1. The van der Waals surface area contributed by atoms with Crippen LogP contribution in [0.4, 0.5) is 0 Å². The molecule has 1 aliphatic rings. The Balaban J connectivity index is 1.74. The van der Waals surface area contributed by atoms with Crippen LogP contribution in [-0.4, -0.2) is 20.0 Å². The van der Waals surface area contributed by atoms with Crippen LogP contribution in [0.25, 0.3) is 21.8 Å². The molecular formula is C36H52BrNO2Si. The molecule has 0 N–H and O–H groups in total. The van der Waals surface area contributed by atoms with Gasteiger partial charge in [-0.05, 0) is 105 Å². The summed E-state index contributed by atoms with van der Waals surface area (Å²) in [6.07, 6.45) is 9.07. The third-order valence-corrected chi connectivity index (χ3v) is 15.5. The van der Waals surface area contributed by atoms with Gasteiger partial charge in [-0.25, -0.2) is 0 Å². The molecular weight excluding hydrogens is 586 g/mol. The average Bonchev–Trinajstić information content (AvgIpc) is 3.26. The van der Waals surface area contributed by atoms with Crippen LogP contribution in [0.3, 0.4) is 0 Å². The molecule has 0 amide bonds. The number of hydrogen-bond acceptors (Lipinski definition) is 2. The molecule has 0 saturated heterocycles. The van der Waals surface area contributed by atoms with Crippen LogP contribution in [0.1, 0.15) is 86.1 Å². The molecule has 0 radical (unpaired) electrons. The minimum Gasteiger partial charge on any atom is -0.547 e. The molecule has 0 bridgehead atoms. The van der Waals surface area contributed by atoms with Crippen LogP contribution in [0, 0.1) is 11.3 Å². The maximum Gasteiger partial charge on any atom is 0.250 e. The van der Waals surface area contributed by atoms with Crippen molar-refractivity contribution in [1.82, 2.24) is 4.57 Å². The fourth-order valence-corrected chi connectivity index (χ4v) is 10.3. The van der Waals surface area contributed by atoms with Crippen molar-refractivity contribution in [2.75, 3.05) is 7.11 Å². The van der Waals surface area contributed by atoms with E-state index in [-0.39, 0.29) is 5.41 Å². The molecule has 0 fully saturated rings. The molecule has 41 heavy (non-hydrogen) atoms. The normalized spacial score (nSPS) is 19.8. The van der Waals surface area contributed by atoms with Crippen molar-refractivity contribution in [3.05, 3.63) is 69.4 Å². The number of aryl methyl sites for hydroxylation is 1. The third-order valence-electron chi connectivity index (χ3n) is 10.3. The average molecular weight is 639 g/mol. The van der Waals surface area contributed by atoms with Gasteiger partial charge in [0, 0.05) is 28.8 Å². The summed E-state index contributed by atoms with van der Waals surface area (Å²) in [6.45, 7) is 17.1. The van der Waals surface area contributed by atoms with Gasteiger partial charge in [0.2, 0.25) is 8.32 Å². The summed E-state index contributed by atoms with van der Waals surface area (Å²) in [6, 6.07) is 17.0. The first-order valence-electron chi connectivity index (χ1n) is 15.9. The Hall–Kier alpha value is -1.82. The van der Waals surface area contributed by atoms with Gasteiger partial charge in [0.25, 0.3) is 0 Å². The zero-order chi connectivity index (χ0) is 29.8. The second kappa shape index (κ2) is 13.6. The highest BCUT2D eigenvalue weighted by Crippen LogP contribution is 2.51. The van der Waals surface area contributed by atoms with E-state index in [1.807, 2.05) is 0 Å². The smallest absolute Gasteiger partial charge is 0.250 e. The van der Waals surface area contributed by atoms with Crippen molar-refractivity contribution in [3.8, 4) is 0 Å². The number of nitrogens with zero attached hydrogens (tertiary/aromatic N) is 1. The number of methoxy groups -OCH3 is 1. The molecule has 2 aromatic carbocycles. The lowest BCUT2D eigenvalue weighted by Crippen LogP contribution is -2.39. The molecule has 1 aromatic heterocycles. The van der Waals surface area contributed by atoms with Crippen LogP contribution in [0.15, 0.2) is 63.9 Å². The predicted molar refractivity (Wildman–Crippen MR) is 183 cm³/mol. The minimum atomic E-state index is -1.74. The zero-order valence-corrected chi connectivity index (χ0v) is 29.4. The standard InChI is InChI=1S/C36H52BrNO2Si/c1-9-41(10-2,11-3)40-35-20-19-27(6)36(7,31(35)17-14-15-26(4)5)22-21-28-23-34-30(24-32(28)37)29-16-12-13-18-33(29)38(34)25-39-8/h12-13,15-16,18,23-24,27H,9-11,14,17,19-22,25H2,1-8H3/t27-,36+/m1/s1. The molecule has 5 heteroatoms. The van der Waals surface area contributed by atoms with Crippen molar-refractivity contribution < 1.29 is 9.16 Å². The fourth-order valence-electron chi connectivity index (χ4n) is 7.07. The highest BCUT2D eigenvalue weighted by Gasteiger charge is 2.42. The van der Waals surface area contributed by atoms with E-state index in [0.29, 0.717) is 12.6 Å². The minimum absolute atomic E-state index is 0.117. The topological polar surface area (TPSA) is 23.4 Å². The molecule has 0 spiro atoms. The van der Waals surface area contributed by atoms with E-state index in [2.05, 4.69) is 111 Å². The zero-order valence-electron chi connectivity index (χ0n) is 26.8. The van der Waals surface area contributed by atoms with Gasteiger partial charge in [-0.1, -0.05) is 80.4 Å². The quantitative estimate of drug-likeness (QED) is 0.137. The van der Waals surface area contributed by atoms with Gasteiger partial charge in [-0.2, -0.15) is 0 Å². The van der Waals surface area contributed by atoms with Crippen molar-refractivity contribution in [2.24, 2.45) is 11.3 Å². The summed E-state index contributed by atoms with van der Waals surface area (Å²) in [5.41, 5.74) is 6.98. The lowest BCUT2D eigenvalue weighted by molar-refractivity contribution is 0.138. The first-order chi connectivity index (χ1) is 19.6. The number of benzene rings is 2. The maximum absolute atomic E-state index is 7.22. The molecule has 2 atom stereocenters. The number of fused-ring (bicyclic) bond motifs is 3. The van der Waals surface area contributed by atoms with Crippen LogP contribution in [0.5, 0.6) is 0 Å². The number of para-hydroxylation sites is 1. The fraction of sp³-hybridized carbons (Fsp3) is 0.556. The Morgan fingerprint density at radius 1 is 1.05 bits per heavy atom. The molecule has 224 valence electrons. The molecule has 1 heterocycles. The highest BCUT2D eigenvalue weighted by atomic mass is 79.9. The summed E-state index contributed by atoms with van der Waals surface area (Å²) < 4.78 is 16.4. The van der Waals surface area contributed by atoms with Crippen LogP contribution in [0.2, 0.25) is 18.1 Å². The maximum atomic E-state index is 7.22. The molecule has 3 nitrogen and oxygen atoms in total. The predicted octanol–water partition coefficient (Wildman–Crippen LogP) is 11.6. The molecule has 4 rings (SSSR count). The first-order valence-corrected chi connectivity index (χ1v) is 19.2. The Kier molecular flexibility index (Phi) is 10.7. The van der Waals surface area contributed by atoms with Gasteiger partial charge in [-0.3, -0.25) is 0 Å². The van der Waals surface area contributed by atoms with Crippen molar-refractivity contribution in [2.45, 2.75) is 112 Å². The molecule has 1 aliphatic carbocycles. The Bertz CT molecular complexity index is 1400. The van der Waals surface area contributed by atoms with Crippen LogP contribution >= 0.6 is 15.9 Å². The van der Waals surface area contributed by atoms with Crippen molar-refractivity contribution in [1.29, 1.82) is 0 Å². The lowest BCUT2D eigenvalue weighted by atomic mass is 9.63. The number of rotatable bonds is 13. The van der Waals surface area contributed by atoms with E-state index in [9.17, 15) is 0 Å². The van der Waals surface area contributed by atoms with Gasteiger partial charge in [-0.15, -0.1) is 0 Å². The van der Waals surface area contributed by atoms with Crippen molar-refractivity contribution >= 4 is 46.1 Å². The third kappa shape index (κ3) is 6.57. The summed E-state index contributed by atoms with van der Waals surface area (Å²) in [4.78, 5) is 0. The summed E-state index contributed by atoms with van der Waals surface area (Å²) >= 11 is 3.98. The van der Waals surface area contributed by atoms with Crippen LogP contribution in [-0.2, 0) is 22.3 Å². The van der Waals surface area contributed by atoms with E-state index in [0.717, 1.165) is 32.1 Å². The Morgan fingerprint density at radius 2 is 1.76 bits per heavy atom. The van der Waals surface area contributed by atoms with Crippen molar-refractivity contribution in [3.63, 3.8) is 0 Å². The molecule has 0 unspecified atom stereocenters. The van der Waals surface area contributed by atoms with E-state index < -0.39 is 8.32 Å². The van der Waals surface area contributed by atoms with E-state index >= 15 is 0 Å². The monoisotopic (exact) mass is 637 g/mol. The van der Waals surface area contributed by atoms with Gasteiger partial charge in [0.1, 0.15) is 6.73 Å². The second-order valence-corrected chi connectivity index (χ2v) is 18.3. The van der Waals surface area contributed by atoms with Gasteiger partial charge in [0.05, 0.1) is 16.8 Å². The van der Waals surface area contributed by atoms with Gasteiger partial charge >= 0.3 is 0 Å². The molecule has 0 aliphatic heterocycles. The summed E-state index contributed by atoms with van der Waals surface area (Å²) in [7, 11) is 0.0347. The molecule has 0 saturated carbocycles. The van der Waals surface area contributed by atoms with Crippen LogP contribution < -0.4 is 0 Å². The number of ether oxygens (including phenoxy) is 1. The number of halogens is 1. The van der Waals surface area contributed by atoms with E-state index in [1.54, 1.807) is 12.7 Å². The van der Waals surface area contributed by atoms with Gasteiger partial charge < -0.3 is 13.7 Å². The lowest BCUT2D eigenvalue weighted by Gasteiger charge is -2.45. The highest BCUT2D eigenvalue weighted by molar-refractivity contribution is 9.10. The molecule has 3 aromatic rings. The summed E-state index contributed by atoms with van der Waals surface area (Å²) in [5, 5.41) is 2.56. The Labute approximate surface area is 258 Å². The first kappa shape index (κ1) is 32.1. The number of allylic oxidation sites excluding steroid dienone is 4. The van der Waals surface area contributed by atoms with Gasteiger partial charge in [0.15, 0.2) is 0 Å². The second-order valence-electron chi connectivity index (χ2n) is 12.7. The Morgan fingerprint density at radius 3 is 2.41 bits per heavy atom. The summed E-state index contributed by atoms with van der Waals surface area (Å²) in [5.74, 6) is 1.99. The van der Waals surface area contributed by atoms with E-state index in [4.69, 9.17) is 9.16 Å². The largest absolute Gasteiger partial charge is 0.547 e. The number of hydrogen-bond donors (Lipinski definition) is 0. The van der Waals surface area contributed by atoms with E-state index in [1.165, 1.54) is 67.7 Å². The SMILES string of the molecule is CC[Si](CC)(CC)OC1=C(CCC=C(C)C)[C@@](C)(CCc2cc3c(cc2Br)c2ccccc2n3COC)[C@H](C)CC1.